The van der Waals surface area contributed by atoms with E-state index >= 15 is 0 Å². The molecule has 0 aliphatic carbocycles. The molecule has 0 radical (unpaired) electrons. The number of amides is 3. The molecule has 2 N–H and O–H groups in total. The molecular formula is C22H30N4O6S. The van der Waals surface area contributed by atoms with Crippen molar-refractivity contribution >= 4 is 34.2 Å². The van der Waals surface area contributed by atoms with Crippen LogP contribution in [0.25, 0.3) is 0 Å². The maximum atomic E-state index is 13.2. The summed E-state index contributed by atoms with van der Waals surface area (Å²) in [6, 6.07) is 6.03. The average molecular weight is 479 g/mol. The summed E-state index contributed by atoms with van der Waals surface area (Å²) in [6.07, 6.45) is 1.47. The second kappa shape index (κ2) is 14.2. The Morgan fingerprint density at radius 3 is 2.39 bits per heavy atom. The third kappa shape index (κ3) is 8.44. The van der Waals surface area contributed by atoms with Crippen molar-refractivity contribution in [1.82, 2.24) is 15.2 Å². The maximum Gasteiger partial charge on any atom is 0.247 e. The summed E-state index contributed by atoms with van der Waals surface area (Å²) >= 11 is 1.29. The summed E-state index contributed by atoms with van der Waals surface area (Å²) in [7, 11) is 4.61. The number of nitrogens with one attached hydrogen (secondary N) is 2. The van der Waals surface area contributed by atoms with Crippen LogP contribution in [0.3, 0.4) is 0 Å². The summed E-state index contributed by atoms with van der Waals surface area (Å²) in [4.78, 5) is 43.9. The van der Waals surface area contributed by atoms with E-state index in [0.717, 1.165) is 0 Å². The second-order valence-corrected chi connectivity index (χ2v) is 7.82. The van der Waals surface area contributed by atoms with Gasteiger partial charge in [0.05, 0.1) is 20.3 Å². The smallest absolute Gasteiger partial charge is 0.247 e. The molecule has 0 fully saturated rings. The predicted molar refractivity (Wildman–Crippen MR) is 124 cm³/mol. The lowest BCUT2D eigenvalue weighted by Gasteiger charge is -2.31. The van der Waals surface area contributed by atoms with Gasteiger partial charge in [-0.25, -0.2) is 4.98 Å². The molecule has 3 amide bonds. The highest BCUT2D eigenvalue weighted by molar-refractivity contribution is 7.13. The number of carbonyl (C=O) groups is 3. The van der Waals surface area contributed by atoms with Gasteiger partial charge in [0.25, 0.3) is 0 Å². The maximum absolute atomic E-state index is 13.2. The van der Waals surface area contributed by atoms with Crippen LogP contribution in [0, 0.1) is 0 Å². The molecule has 0 bridgehead atoms. The Hall–Kier alpha value is -3.02. The van der Waals surface area contributed by atoms with E-state index in [1.165, 1.54) is 30.5 Å². The van der Waals surface area contributed by atoms with Gasteiger partial charge >= 0.3 is 0 Å². The van der Waals surface area contributed by atoms with Crippen molar-refractivity contribution < 1.29 is 28.6 Å². The molecule has 0 unspecified atom stereocenters. The number of rotatable bonds is 14. The largest absolute Gasteiger partial charge is 0.497 e. The number of hydrogen-bond acceptors (Lipinski definition) is 8. The van der Waals surface area contributed by atoms with Crippen LogP contribution >= 0.6 is 11.3 Å². The van der Waals surface area contributed by atoms with Crippen molar-refractivity contribution in [2.24, 2.45) is 0 Å². The van der Waals surface area contributed by atoms with Gasteiger partial charge in [0.15, 0.2) is 5.13 Å². The Morgan fingerprint density at radius 1 is 1.06 bits per heavy atom. The Labute approximate surface area is 197 Å². The van der Waals surface area contributed by atoms with Crippen molar-refractivity contribution in [3.8, 4) is 5.75 Å². The molecule has 0 aliphatic heterocycles. The van der Waals surface area contributed by atoms with Crippen LogP contribution in [0.2, 0.25) is 0 Å². The van der Waals surface area contributed by atoms with E-state index in [-0.39, 0.29) is 43.7 Å². The molecule has 33 heavy (non-hydrogen) atoms. The molecule has 0 saturated carbocycles. The number of benzene rings is 1. The van der Waals surface area contributed by atoms with Crippen molar-refractivity contribution in [2.75, 3.05) is 52.9 Å². The molecule has 2 aromatic rings. The molecule has 2 rings (SSSR count). The molecule has 11 heteroatoms. The third-order valence-corrected chi connectivity index (χ3v) is 5.39. The SMILES string of the molecule is COCCNC(=O)[C@@H](c1ccc(OC)cc1)N(CCOC)C(=O)CCC(=O)Nc1nccs1. The fourth-order valence-electron chi connectivity index (χ4n) is 3.05. The molecule has 1 atom stereocenters. The summed E-state index contributed by atoms with van der Waals surface area (Å²) in [5.41, 5.74) is 0.613. The third-order valence-electron chi connectivity index (χ3n) is 4.70. The number of ether oxygens (including phenoxy) is 3. The average Bonchev–Trinajstić information content (AvgIpc) is 3.33. The van der Waals surface area contributed by atoms with Gasteiger partial charge in [-0.1, -0.05) is 12.1 Å². The van der Waals surface area contributed by atoms with Gasteiger partial charge in [0.1, 0.15) is 11.8 Å². The zero-order chi connectivity index (χ0) is 24.1. The topological polar surface area (TPSA) is 119 Å². The lowest BCUT2D eigenvalue weighted by Crippen LogP contribution is -2.45. The number of thiazole rings is 1. The lowest BCUT2D eigenvalue weighted by molar-refractivity contribution is -0.142. The number of methoxy groups -OCH3 is 3. The Morgan fingerprint density at radius 2 is 1.79 bits per heavy atom. The normalized spacial score (nSPS) is 11.5. The zero-order valence-corrected chi connectivity index (χ0v) is 19.9. The first kappa shape index (κ1) is 26.2. The molecule has 0 spiro atoms. The van der Waals surface area contributed by atoms with Gasteiger partial charge < -0.3 is 29.7 Å². The van der Waals surface area contributed by atoms with Crippen LogP contribution in [-0.4, -0.2) is 75.2 Å². The van der Waals surface area contributed by atoms with Crippen LogP contribution in [0.15, 0.2) is 35.8 Å². The van der Waals surface area contributed by atoms with E-state index < -0.39 is 6.04 Å². The Kier molecular flexibility index (Phi) is 11.3. The molecule has 0 aliphatic rings. The van der Waals surface area contributed by atoms with E-state index in [1.54, 1.807) is 43.0 Å². The van der Waals surface area contributed by atoms with E-state index in [2.05, 4.69) is 15.6 Å². The van der Waals surface area contributed by atoms with Crippen LogP contribution in [0.1, 0.15) is 24.4 Å². The first-order valence-electron chi connectivity index (χ1n) is 10.4. The van der Waals surface area contributed by atoms with Crippen molar-refractivity contribution in [3.63, 3.8) is 0 Å². The fourth-order valence-corrected chi connectivity index (χ4v) is 3.60. The van der Waals surface area contributed by atoms with Crippen molar-refractivity contribution in [1.29, 1.82) is 0 Å². The Balaban J connectivity index is 2.20. The number of carbonyl (C=O) groups excluding carboxylic acids is 3. The van der Waals surface area contributed by atoms with Gasteiger partial charge in [-0.3, -0.25) is 14.4 Å². The van der Waals surface area contributed by atoms with E-state index in [0.29, 0.717) is 29.6 Å². The standard InChI is InChI=1S/C22H30N4O6S/c1-30-13-10-23-21(29)20(16-4-6-17(32-3)7-5-16)26(12-14-31-2)19(28)9-8-18(27)25-22-24-11-15-33-22/h4-7,11,15,20H,8-10,12-14H2,1-3H3,(H,23,29)(H,24,25,27)/t20-/m1/s1. The predicted octanol–water partition coefficient (Wildman–Crippen LogP) is 1.85. The first-order valence-corrected chi connectivity index (χ1v) is 11.3. The summed E-state index contributed by atoms with van der Waals surface area (Å²) in [6.45, 7) is 1.04. The van der Waals surface area contributed by atoms with E-state index in [9.17, 15) is 14.4 Å². The Bertz CT molecular complexity index is 876. The molecule has 1 aromatic carbocycles. The monoisotopic (exact) mass is 478 g/mol. The van der Waals surface area contributed by atoms with Crippen LogP contribution in [0.5, 0.6) is 5.75 Å². The number of aromatic nitrogens is 1. The minimum absolute atomic E-state index is 0.0392. The van der Waals surface area contributed by atoms with Crippen LogP contribution in [-0.2, 0) is 23.9 Å². The minimum atomic E-state index is -0.905. The quantitative estimate of drug-likeness (QED) is 0.398. The van der Waals surface area contributed by atoms with Crippen LogP contribution in [0.4, 0.5) is 5.13 Å². The van der Waals surface area contributed by atoms with Gasteiger partial charge in [-0.2, -0.15) is 0 Å². The molecule has 10 nitrogen and oxygen atoms in total. The minimum Gasteiger partial charge on any atom is -0.497 e. The van der Waals surface area contributed by atoms with Gasteiger partial charge in [-0.05, 0) is 17.7 Å². The molecule has 180 valence electrons. The number of nitrogens with zero attached hydrogens (tertiary/aromatic N) is 2. The van der Waals surface area contributed by atoms with Gasteiger partial charge in [0, 0.05) is 51.7 Å². The number of hydrogen-bond donors (Lipinski definition) is 2. The van der Waals surface area contributed by atoms with E-state index in [1.807, 2.05) is 0 Å². The second-order valence-electron chi connectivity index (χ2n) is 6.92. The van der Waals surface area contributed by atoms with Gasteiger partial charge in [0.2, 0.25) is 17.7 Å². The highest BCUT2D eigenvalue weighted by atomic mass is 32.1. The highest BCUT2D eigenvalue weighted by Gasteiger charge is 2.31. The first-order chi connectivity index (χ1) is 16.0. The van der Waals surface area contributed by atoms with Crippen molar-refractivity contribution in [3.05, 3.63) is 41.4 Å². The molecule has 0 saturated heterocycles. The van der Waals surface area contributed by atoms with Crippen LogP contribution < -0.4 is 15.4 Å². The van der Waals surface area contributed by atoms with Gasteiger partial charge in [-0.15, -0.1) is 11.3 Å². The van der Waals surface area contributed by atoms with Crippen molar-refractivity contribution in [2.45, 2.75) is 18.9 Å². The molecule has 1 aromatic heterocycles. The fraction of sp³-hybridized carbons (Fsp3) is 0.455. The summed E-state index contributed by atoms with van der Waals surface area (Å²) in [5.74, 6) is -0.389. The highest BCUT2D eigenvalue weighted by Crippen LogP contribution is 2.25. The number of anilines is 1. The summed E-state index contributed by atoms with van der Waals surface area (Å²) < 4.78 is 15.4. The molecular weight excluding hydrogens is 448 g/mol. The summed E-state index contributed by atoms with van der Waals surface area (Å²) in [5, 5.41) is 7.67. The zero-order valence-electron chi connectivity index (χ0n) is 19.0. The lowest BCUT2D eigenvalue weighted by atomic mass is 10.0. The molecule has 1 heterocycles. The van der Waals surface area contributed by atoms with E-state index in [4.69, 9.17) is 14.2 Å².